The Labute approximate surface area is 189 Å². The summed E-state index contributed by atoms with van der Waals surface area (Å²) >= 11 is 0. The van der Waals surface area contributed by atoms with Crippen LogP contribution in [0.5, 0.6) is 0 Å². The van der Waals surface area contributed by atoms with E-state index in [1.807, 2.05) is 13.0 Å². The van der Waals surface area contributed by atoms with Crippen LogP contribution in [0.4, 0.5) is 20.2 Å². The van der Waals surface area contributed by atoms with Gasteiger partial charge in [0.2, 0.25) is 11.8 Å². The SMILES string of the molecule is Cc1ccc(-c2ccc(=O)n([C@H](C)C(=O)Nc3cc(F)cc(F)c3)n2)cc1NC(=O)C(C)C. The molecule has 0 unspecified atom stereocenters. The summed E-state index contributed by atoms with van der Waals surface area (Å²) in [6.45, 7) is 6.88. The highest BCUT2D eigenvalue weighted by Gasteiger charge is 2.19. The van der Waals surface area contributed by atoms with Gasteiger partial charge in [0.1, 0.15) is 17.7 Å². The molecule has 1 aromatic heterocycles. The Hall–Kier alpha value is -3.88. The second-order valence-electron chi connectivity index (χ2n) is 8.00. The normalized spacial score (nSPS) is 11.8. The van der Waals surface area contributed by atoms with Gasteiger partial charge in [-0.15, -0.1) is 0 Å². The van der Waals surface area contributed by atoms with Gasteiger partial charge in [-0.3, -0.25) is 14.4 Å². The molecule has 0 bridgehead atoms. The lowest BCUT2D eigenvalue weighted by Gasteiger charge is -2.16. The fourth-order valence-corrected chi connectivity index (χ4v) is 3.03. The highest BCUT2D eigenvalue weighted by molar-refractivity contribution is 5.94. The molecule has 0 radical (unpaired) electrons. The number of anilines is 2. The molecule has 3 rings (SSSR count). The molecule has 0 aliphatic carbocycles. The molecule has 2 amide bonds. The average Bonchev–Trinajstić information content (AvgIpc) is 2.74. The summed E-state index contributed by atoms with van der Waals surface area (Å²) in [4.78, 5) is 37.1. The molecule has 9 heteroatoms. The predicted octanol–water partition coefficient (Wildman–Crippen LogP) is 4.29. The van der Waals surface area contributed by atoms with Crippen LogP contribution >= 0.6 is 0 Å². The Kier molecular flexibility index (Phi) is 7.01. The van der Waals surface area contributed by atoms with Crippen molar-refractivity contribution in [3.63, 3.8) is 0 Å². The number of aromatic nitrogens is 2. The molecule has 2 N–H and O–H groups in total. The van der Waals surface area contributed by atoms with E-state index in [1.54, 1.807) is 26.0 Å². The molecule has 2 aromatic carbocycles. The molecule has 0 aliphatic rings. The van der Waals surface area contributed by atoms with Crippen molar-refractivity contribution in [3.8, 4) is 11.3 Å². The van der Waals surface area contributed by atoms with Crippen molar-refractivity contribution in [2.24, 2.45) is 5.92 Å². The number of amides is 2. The molecule has 0 spiro atoms. The zero-order valence-corrected chi connectivity index (χ0v) is 18.6. The van der Waals surface area contributed by atoms with Crippen molar-refractivity contribution in [2.75, 3.05) is 10.6 Å². The number of carbonyl (C=O) groups is 2. The number of carbonyl (C=O) groups excluding carboxylic acids is 2. The van der Waals surface area contributed by atoms with Gasteiger partial charge in [-0.2, -0.15) is 5.10 Å². The van der Waals surface area contributed by atoms with Gasteiger partial charge in [0.25, 0.3) is 5.56 Å². The number of rotatable bonds is 6. The maximum absolute atomic E-state index is 13.4. The first-order valence-electron chi connectivity index (χ1n) is 10.3. The third-order valence-corrected chi connectivity index (χ3v) is 5.02. The van der Waals surface area contributed by atoms with E-state index in [9.17, 15) is 23.2 Å². The molecule has 1 atom stereocenters. The van der Waals surface area contributed by atoms with Crippen LogP contribution in [0.1, 0.15) is 32.4 Å². The average molecular weight is 454 g/mol. The van der Waals surface area contributed by atoms with Crippen LogP contribution in [-0.4, -0.2) is 21.6 Å². The summed E-state index contributed by atoms with van der Waals surface area (Å²) in [5.41, 5.74) is 1.92. The summed E-state index contributed by atoms with van der Waals surface area (Å²) < 4.78 is 27.8. The Morgan fingerprint density at radius 2 is 1.58 bits per heavy atom. The van der Waals surface area contributed by atoms with Gasteiger partial charge in [-0.05, 0) is 43.7 Å². The van der Waals surface area contributed by atoms with E-state index in [0.29, 0.717) is 23.0 Å². The van der Waals surface area contributed by atoms with Gasteiger partial charge in [-0.25, -0.2) is 13.5 Å². The van der Waals surface area contributed by atoms with Crippen molar-refractivity contribution < 1.29 is 18.4 Å². The number of aryl methyl sites for hydroxylation is 1. The summed E-state index contributed by atoms with van der Waals surface area (Å²) in [7, 11) is 0. The van der Waals surface area contributed by atoms with Crippen LogP contribution in [0.2, 0.25) is 0 Å². The van der Waals surface area contributed by atoms with E-state index < -0.39 is 29.1 Å². The van der Waals surface area contributed by atoms with Crippen LogP contribution < -0.4 is 16.2 Å². The fourth-order valence-electron chi connectivity index (χ4n) is 3.03. The Balaban J connectivity index is 1.89. The monoisotopic (exact) mass is 454 g/mol. The van der Waals surface area contributed by atoms with Gasteiger partial charge in [0.05, 0.1) is 5.69 Å². The highest BCUT2D eigenvalue weighted by atomic mass is 19.1. The summed E-state index contributed by atoms with van der Waals surface area (Å²) in [5.74, 6) is -2.67. The smallest absolute Gasteiger partial charge is 0.267 e. The van der Waals surface area contributed by atoms with E-state index in [-0.39, 0.29) is 17.5 Å². The van der Waals surface area contributed by atoms with E-state index in [2.05, 4.69) is 15.7 Å². The summed E-state index contributed by atoms with van der Waals surface area (Å²) in [6, 6.07) is 9.72. The number of hydrogen-bond donors (Lipinski definition) is 2. The lowest BCUT2D eigenvalue weighted by Crippen LogP contribution is -2.33. The number of halogens is 2. The van der Waals surface area contributed by atoms with Gasteiger partial charge >= 0.3 is 0 Å². The van der Waals surface area contributed by atoms with E-state index in [4.69, 9.17) is 0 Å². The van der Waals surface area contributed by atoms with E-state index >= 15 is 0 Å². The maximum Gasteiger partial charge on any atom is 0.267 e. The van der Waals surface area contributed by atoms with E-state index in [1.165, 1.54) is 19.1 Å². The fraction of sp³-hybridized carbons (Fsp3) is 0.250. The first-order valence-corrected chi connectivity index (χ1v) is 10.3. The van der Waals surface area contributed by atoms with E-state index in [0.717, 1.165) is 22.4 Å². The molecule has 3 aromatic rings. The van der Waals surface area contributed by atoms with Crippen LogP contribution in [0.25, 0.3) is 11.3 Å². The van der Waals surface area contributed by atoms with Crippen LogP contribution in [0, 0.1) is 24.5 Å². The van der Waals surface area contributed by atoms with Crippen molar-refractivity contribution in [1.29, 1.82) is 0 Å². The van der Waals surface area contributed by atoms with Gasteiger partial charge in [-0.1, -0.05) is 26.0 Å². The van der Waals surface area contributed by atoms with Crippen molar-refractivity contribution >= 4 is 23.2 Å². The maximum atomic E-state index is 13.4. The predicted molar refractivity (Wildman–Crippen MR) is 122 cm³/mol. The molecule has 0 aliphatic heterocycles. The molecular formula is C24H24F2N4O3. The van der Waals surface area contributed by atoms with Crippen molar-refractivity contribution in [2.45, 2.75) is 33.7 Å². The number of nitrogens with one attached hydrogen (secondary N) is 2. The van der Waals surface area contributed by atoms with Crippen LogP contribution in [0.15, 0.2) is 53.3 Å². The summed E-state index contributed by atoms with van der Waals surface area (Å²) in [6.07, 6.45) is 0. The lowest BCUT2D eigenvalue weighted by molar-refractivity contribution is -0.119. The number of benzene rings is 2. The highest BCUT2D eigenvalue weighted by Crippen LogP contribution is 2.24. The zero-order chi connectivity index (χ0) is 24.3. The Bertz CT molecular complexity index is 1250. The van der Waals surface area contributed by atoms with Crippen molar-refractivity contribution in [1.82, 2.24) is 9.78 Å². The van der Waals surface area contributed by atoms with Crippen LogP contribution in [-0.2, 0) is 9.59 Å². The second kappa shape index (κ2) is 9.72. The number of hydrogen-bond acceptors (Lipinski definition) is 4. The Morgan fingerprint density at radius 3 is 2.21 bits per heavy atom. The largest absolute Gasteiger partial charge is 0.326 e. The zero-order valence-electron chi connectivity index (χ0n) is 18.6. The molecule has 33 heavy (non-hydrogen) atoms. The number of nitrogens with zero attached hydrogens (tertiary/aromatic N) is 2. The first-order chi connectivity index (χ1) is 15.5. The molecular weight excluding hydrogens is 430 g/mol. The third-order valence-electron chi connectivity index (χ3n) is 5.02. The van der Waals surface area contributed by atoms with Gasteiger partial charge in [0.15, 0.2) is 0 Å². The standard InChI is InChI=1S/C24H24F2N4O3/c1-13(2)23(32)28-21-9-16(6-5-14(21)3)20-7-8-22(31)30(29-20)15(4)24(33)27-19-11-17(25)10-18(26)12-19/h5-13,15H,1-4H3,(H,27,33)(H,28,32)/t15-/m1/s1. The summed E-state index contributed by atoms with van der Waals surface area (Å²) in [5, 5.41) is 9.56. The molecule has 172 valence electrons. The topological polar surface area (TPSA) is 93.1 Å². The minimum Gasteiger partial charge on any atom is -0.326 e. The second-order valence-corrected chi connectivity index (χ2v) is 8.00. The lowest BCUT2D eigenvalue weighted by atomic mass is 10.1. The van der Waals surface area contributed by atoms with Crippen molar-refractivity contribution in [3.05, 3.63) is 76.1 Å². The Morgan fingerprint density at radius 1 is 0.909 bits per heavy atom. The quantitative estimate of drug-likeness (QED) is 0.581. The molecule has 7 nitrogen and oxygen atoms in total. The third kappa shape index (κ3) is 5.68. The first kappa shape index (κ1) is 23.8. The molecule has 1 heterocycles. The minimum absolute atomic E-state index is 0.0716. The molecule has 0 saturated heterocycles. The molecule has 0 fully saturated rings. The van der Waals surface area contributed by atoms with Crippen LogP contribution in [0.3, 0.4) is 0 Å². The van der Waals surface area contributed by atoms with Gasteiger partial charge in [0, 0.05) is 35.0 Å². The molecule has 0 saturated carbocycles. The minimum atomic E-state index is -1.06. The van der Waals surface area contributed by atoms with Gasteiger partial charge < -0.3 is 10.6 Å².